The van der Waals surface area contributed by atoms with E-state index in [2.05, 4.69) is 32.2 Å². The summed E-state index contributed by atoms with van der Waals surface area (Å²) in [5, 5.41) is 7.63. The summed E-state index contributed by atoms with van der Waals surface area (Å²) in [6.45, 7) is 8.80. The minimum absolute atomic E-state index is 0.116. The Kier molecular flexibility index (Phi) is 5.78. The number of piperidine rings is 1. The zero-order chi connectivity index (χ0) is 21.2. The standard InChI is InChI=1S/C22H29N5O4/c1-16-19(24-31-23-16)12-22(28)27-6-2-3-18(14-27)26-9-7-25(8-10-26)13-17-4-5-20-21(11-17)30-15-29-20/h4-5,11,18H,2-3,6-10,12-15H2,1H3. The van der Waals surface area contributed by atoms with Crippen molar-refractivity contribution >= 4 is 5.91 Å². The van der Waals surface area contributed by atoms with Crippen LogP contribution >= 0.6 is 0 Å². The van der Waals surface area contributed by atoms with Crippen LogP contribution in [0, 0.1) is 6.92 Å². The highest BCUT2D eigenvalue weighted by Gasteiger charge is 2.30. The number of likely N-dealkylation sites (tertiary alicyclic amines) is 1. The highest BCUT2D eigenvalue weighted by molar-refractivity contribution is 5.78. The molecule has 5 rings (SSSR count). The Morgan fingerprint density at radius 1 is 1.10 bits per heavy atom. The van der Waals surface area contributed by atoms with E-state index in [1.165, 1.54) is 5.56 Å². The molecule has 1 amide bonds. The van der Waals surface area contributed by atoms with Crippen LogP contribution in [0.15, 0.2) is 22.8 Å². The predicted molar refractivity (Wildman–Crippen MR) is 112 cm³/mol. The number of nitrogens with zero attached hydrogens (tertiary/aromatic N) is 5. The summed E-state index contributed by atoms with van der Waals surface area (Å²) in [4.78, 5) is 19.8. The first-order valence-electron chi connectivity index (χ1n) is 11.1. The van der Waals surface area contributed by atoms with Gasteiger partial charge in [-0.3, -0.25) is 14.6 Å². The molecule has 3 aliphatic heterocycles. The average molecular weight is 428 g/mol. The monoisotopic (exact) mass is 427 g/mol. The number of ether oxygens (including phenoxy) is 2. The highest BCUT2D eigenvalue weighted by atomic mass is 16.7. The number of hydrogen-bond donors (Lipinski definition) is 0. The van der Waals surface area contributed by atoms with Gasteiger partial charge in [0.1, 0.15) is 11.4 Å². The van der Waals surface area contributed by atoms with Crippen molar-refractivity contribution in [2.24, 2.45) is 0 Å². The Morgan fingerprint density at radius 3 is 2.74 bits per heavy atom. The number of fused-ring (bicyclic) bond motifs is 1. The van der Waals surface area contributed by atoms with E-state index < -0.39 is 0 Å². The van der Waals surface area contributed by atoms with Crippen LogP contribution in [0.1, 0.15) is 29.8 Å². The van der Waals surface area contributed by atoms with Gasteiger partial charge in [-0.05, 0) is 37.5 Å². The van der Waals surface area contributed by atoms with Gasteiger partial charge in [-0.2, -0.15) is 0 Å². The zero-order valence-corrected chi connectivity index (χ0v) is 18.0. The summed E-state index contributed by atoms with van der Waals surface area (Å²) in [5.74, 6) is 1.80. The average Bonchev–Trinajstić information content (AvgIpc) is 3.43. The molecule has 2 saturated heterocycles. The van der Waals surface area contributed by atoms with Gasteiger partial charge in [0.25, 0.3) is 0 Å². The van der Waals surface area contributed by atoms with Crippen molar-refractivity contribution < 1.29 is 18.9 Å². The molecule has 0 radical (unpaired) electrons. The molecule has 0 spiro atoms. The third-order valence-electron chi connectivity index (χ3n) is 6.58. The molecule has 9 heteroatoms. The largest absolute Gasteiger partial charge is 0.454 e. The van der Waals surface area contributed by atoms with Gasteiger partial charge >= 0.3 is 0 Å². The maximum absolute atomic E-state index is 12.8. The van der Waals surface area contributed by atoms with E-state index in [1.54, 1.807) is 0 Å². The molecule has 4 heterocycles. The molecule has 2 fully saturated rings. The van der Waals surface area contributed by atoms with E-state index in [0.717, 1.165) is 70.2 Å². The van der Waals surface area contributed by atoms with E-state index in [0.29, 0.717) is 24.2 Å². The number of rotatable bonds is 5. The number of hydrogen-bond acceptors (Lipinski definition) is 8. The van der Waals surface area contributed by atoms with Crippen LogP contribution in [-0.2, 0) is 17.8 Å². The van der Waals surface area contributed by atoms with Crippen LogP contribution in [0.3, 0.4) is 0 Å². The molecule has 3 aliphatic rings. The van der Waals surface area contributed by atoms with Crippen LogP contribution in [0.5, 0.6) is 11.5 Å². The van der Waals surface area contributed by atoms with E-state index in [9.17, 15) is 4.79 Å². The maximum Gasteiger partial charge on any atom is 0.231 e. The molecule has 31 heavy (non-hydrogen) atoms. The summed E-state index contributed by atoms with van der Waals surface area (Å²) in [7, 11) is 0. The van der Waals surface area contributed by atoms with Crippen molar-refractivity contribution in [2.75, 3.05) is 46.1 Å². The molecular formula is C22H29N5O4. The lowest BCUT2D eigenvalue weighted by molar-refractivity contribution is -0.133. The van der Waals surface area contributed by atoms with E-state index in [4.69, 9.17) is 14.1 Å². The third kappa shape index (κ3) is 4.52. The predicted octanol–water partition coefficient (Wildman–Crippen LogP) is 1.46. The van der Waals surface area contributed by atoms with Gasteiger partial charge in [-0.15, -0.1) is 0 Å². The number of carbonyl (C=O) groups excluding carboxylic acids is 1. The molecule has 0 N–H and O–H groups in total. The van der Waals surface area contributed by atoms with Gasteiger partial charge in [0, 0.05) is 51.9 Å². The van der Waals surface area contributed by atoms with Gasteiger partial charge in [-0.1, -0.05) is 16.4 Å². The van der Waals surface area contributed by atoms with Crippen molar-refractivity contribution in [1.29, 1.82) is 0 Å². The van der Waals surface area contributed by atoms with Crippen LogP contribution in [0.4, 0.5) is 0 Å². The van der Waals surface area contributed by atoms with E-state index >= 15 is 0 Å². The summed E-state index contributed by atoms with van der Waals surface area (Å²) in [5.41, 5.74) is 2.59. The number of benzene rings is 1. The number of piperazine rings is 1. The molecule has 1 aromatic heterocycles. The lowest BCUT2D eigenvalue weighted by atomic mass is 10.0. The van der Waals surface area contributed by atoms with Gasteiger partial charge in [0.2, 0.25) is 12.7 Å². The van der Waals surface area contributed by atoms with Crippen LogP contribution in [-0.4, -0.2) is 83.0 Å². The first kappa shape index (κ1) is 20.3. The SMILES string of the molecule is Cc1nonc1CC(=O)N1CCCC(N2CCN(Cc3ccc4c(c3)OCO4)CC2)C1. The third-order valence-corrected chi connectivity index (χ3v) is 6.58. The number of aryl methyl sites for hydroxylation is 1. The highest BCUT2D eigenvalue weighted by Crippen LogP contribution is 2.33. The lowest BCUT2D eigenvalue weighted by Gasteiger charge is -2.43. The molecule has 9 nitrogen and oxygen atoms in total. The van der Waals surface area contributed by atoms with Crippen molar-refractivity contribution in [2.45, 2.75) is 38.8 Å². The van der Waals surface area contributed by atoms with Crippen LogP contribution in [0.2, 0.25) is 0 Å². The molecule has 2 aromatic rings. The fraction of sp³-hybridized carbons (Fsp3) is 0.591. The van der Waals surface area contributed by atoms with Crippen molar-refractivity contribution in [1.82, 2.24) is 25.0 Å². The number of amides is 1. The Hall–Kier alpha value is -2.65. The Morgan fingerprint density at radius 2 is 1.94 bits per heavy atom. The second-order valence-corrected chi connectivity index (χ2v) is 8.61. The van der Waals surface area contributed by atoms with Gasteiger partial charge < -0.3 is 14.4 Å². The van der Waals surface area contributed by atoms with Crippen LogP contribution < -0.4 is 9.47 Å². The Balaban J connectivity index is 1.11. The minimum Gasteiger partial charge on any atom is -0.454 e. The first-order chi connectivity index (χ1) is 15.2. The van der Waals surface area contributed by atoms with Crippen molar-refractivity contribution in [3.05, 3.63) is 35.2 Å². The molecule has 1 aromatic carbocycles. The van der Waals surface area contributed by atoms with Gasteiger partial charge in [-0.25, -0.2) is 4.63 Å². The first-order valence-corrected chi connectivity index (χ1v) is 11.1. The second kappa shape index (κ2) is 8.84. The molecule has 0 saturated carbocycles. The summed E-state index contributed by atoms with van der Waals surface area (Å²) in [6.07, 6.45) is 2.46. The smallest absolute Gasteiger partial charge is 0.231 e. The quantitative estimate of drug-likeness (QED) is 0.709. The molecule has 0 aliphatic carbocycles. The second-order valence-electron chi connectivity index (χ2n) is 8.61. The zero-order valence-electron chi connectivity index (χ0n) is 18.0. The summed E-state index contributed by atoms with van der Waals surface area (Å²) >= 11 is 0. The Bertz CT molecular complexity index is 924. The number of carbonyl (C=O) groups is 1. The van der Waals surface area contributed by atoms with Crippen LogP contribution in [0.25, 0.3) is 0 Å². The normalized spacial score (nSPS) is 22.1. The lowest BCUT2D eigenvalue weighted by Crippen LogP contribution is -2.55. The van der Waals surface area contributed by atoms with Gasteiger partial charge in [0.15, 0.2) is 11.5 Å². The molecule has 0 bridgehead atoms. The molecule has 1 unspecified atom stereocenters. The topological polar surface area (TPSA) is 84.2 Å². The van der Waals surface area contributed by atoms with E-state index in [-0.39, 0.29) is 12.3 Å². The fourth-order valence-electron chi connectivity index (χ4n) is 4.73. The van der Waals surface area contributed by atoms with Crippen molar-refractivity contribution in [3.8, 4) is 11.5 Å². The van der Waals surface area contributed by atoms with Gasteiger partial charge in [0.05, 0.1) is 6.42 Å². The van der Waals surface area contributed by atoms with Crippen molar-refractivity contribution in [3.63, 3.8) is 0 Å². The maximum atomic E-state index is 12.8. The Labute approximate surface area is 181 Å². The molecule has 166 valence electrons. The fourth-order valence-corrected chi connectivity index (χ4v) is 4.73. The molecule has 1 atom stereocenters. The minimum atomic E-state index is 0.116. The molecular weight excluding hydrogens is 398 g/mol. The number of aromatic nitrogens is 2. The summed E-state index contributed by atoms with van der Waals surface area (Å²) < 4.78 is 15.6. The summed E-state index contributed by atoms with van der Waals surface area (Å²) in [6, 6.07) is 6.64. The van der Waals surface area contributed by atoms with E-state index in [1.807, 2.05) is 17.9 Å².